The first kappa shape index (κ1) is 13.4. The molecule has 0 saturated heterocycles. The summed E-state index contributed by atoms with van der Waals surface area (Å²) in [5.41, 5.74) is 1.15. The minimum atomic E-state index is -0.735. The molecular formula is C13H19NO3S. The van der Waals surface area contributed by atoms with E-state index in [0.29, 0.717) is 19.0 Å². The minimum Gasteiger partial charge on any atom is -0.490 e. The second-order valence-electron chi connectivity index (χ2n) is 4.29. The van der Waals surface area contributed by atoms with Crippen LogP contribution in [0.5, 0.6) is 11.5 Å². The van der Waals surface area contributed by atoms with Gasteiger partial charge in [0.25, 0.3) is 0 Å². The van der Waals surface area contributed by atoms with E-state index in [1.807, 2.05) is 18.2 Å². The van der Waals surface area contributed by atoms with Crippen LogP contribution in [0.25, 0.3) is 0 Å². The maximum absolute atomic E-state index is 10.9. The molecule has 1 aromatic carbocycles. The minimum absolute atomic E-state index is 0.685. The zero-order chi connectivity index (χ0) is 12.8. The van der Waals surface area contributed by atoms with Crippen molar-refractivity contribution in [3.8, 4) is 11.5 Å². The average molecular weight is 269 g/mol. The summed E-state index contributed by atoms with van der Waals surface area (Å²) < 4.78 is 22.1. The second kappa shape index (κ2) is 6.75. The Kier molecular flexibility index (Phi) is 5.01. The quantitative estimate of drug-likeness (QED) is 0.819. The topological polar surface area (TPSA) is 47.6 Å². The van der Waals surface area contributed by atoms with E-state index in [-0.39, 0.29) is 0 Å². The second-order valence-corrected chi connectivity index (χ2v) is 5.84. The number of hydrogen-bond acceptors (Lipinski definition) is 4. The number of rotatable bonds is 5. The summed E-state index contributed by atoms with van der Waals surface area (Å²) in [5, 5.41) is 3.27. The molecule has 0 radical (unpaired) electrons. The first-order valence-electron chi connectivity index (χ1n) is 6.15. The third-order valence-corrected chi connectivity index (χ3v) is 3.49. The smallest absolute Gasteiger partial charge is 0.161 e. The van der Waals surface area contributed by atoms with E-state index >= 15 is 0 Å². The number of nitrogens with one attached hydrogen (secondary N) is 1. The van der Waals surface area contributed by atoms with Gasteiger partial charge in [0, 0.05) is 42.3 Å². The van der Waals surface area contributed by atoms with E-state index in [9.17, 15) is 4.21 Å². The third-order valence-electron chi connectivity index (χ3n) is 2.71. The maximum Gasteiger partial charge on any atom is 0.161 e. The van der Waals surface area contributed by atoms with E-state index in [4.69, 9.17) is 9.47 Å². The molecule has 2 rings (SSSR count). The van der Waals surface area contributed by atoms with E-state index in [0.717, 1.165) is 36.6 Å². The summed E-state index contributed by atoms with van der Waals surface area (Å²) in [7, 11) is -0.735. The molecule has 5 heteroatoms. The van der Waals surface area contributed by atoms with Crippen molar-refractivity contribution in [3.63, 3.8) is 0 Å². The highest BCUT2D eigenvalue weighted by Crippen LogP contribution is 2.30. The van der Waals surface area contributed by atoms with Crippen molar-refractivity contribution >= 4 is 10.8 Å². The Hall–Kier alpha value is -1.07. The van der Waals surface area contributed by atoms with Gasteiger partial charge in [-0.3, -0.25) is 4.21 Å². The third kappa shape index (κ3) is 3.99. The van der Waals surface area contributed by atoms with Crippen molar-refractivity contribution in [1.29, 1.82) is 0 Å². The molecule has 0 bridgehead atoms. The van der Waals surface area contributed by atoms with Crippen molar-refractivity contribution in [3.05, 3.63) is 23.8 Å². The van der Waals surface area contributed by atoms with Crippen LogP contribution in [0.3, 0.4) is 0 Å². The summed E-state index contributed by atoms with van der Waals surface area (Å²) >= 11 is 0. The van der Waals surface area contributed by atoms with Crippen LogP contribution in [0, 0.1) is 0 Å². The fraction of sp³-hybridized carbons (Fsp3) is 0.538. The van der Waals surface area contributed by atoms with Gasteiger partial charge in [-0.2, -0.15) is 0 Å². The largest absolute Gasteiger partial charge is 0.490 e. The van der Waals surface area contributed by atoms with Gasteiger partial charge in [-0.05, 0) is 17.7 Å². The fourth-order valence-corrected chi connectivity index (χ4v) is 2.20. The molecule has 1 unspecified atom stereocenters. The molecule has 1 aromatic rings. The summed E-state index contributed by atoms with van der Waals surface area (Å²) in [4.78, 5) is 0. The molecule has 0 saturated carbocycles. The Morgan fingerprint density at radius 3 is 2.83 bits per heavy atom. The monoisotopic (exact) mass is 269 g/mol. The SMILES string of the molecule is CS(=O)CCNCc1ccc2c(c1)OCCCO2. The predicted octanol–water partition coefficient (Wildman–Crippen LogP) is 1.32. The first-order valence-corrected chi connectivity index (χ1v) is 7.88. The lowest BCUT2D eigenvalue weighted by atomic mass is 10.2. The highest BCUT2D eigenvalue weighted by molar-refractivity contribution is 7.84. The molecule has 0 aromatic heterocycles. The van der Waals surface area contributed by atoms with Crippen LogP contribution in [0.2, 0.25) is 0 Å². The summed E-state index contributed by atoms with van der Waals surface area (Å²) in [6.45, 7) is 2.94. The number of fused-ring (bicyclic) bond motifs is 1. The number of ether oxygens (including phenoxy) is 2. The number of benzene rings is 1. The zero-order valence-corrected chi connectivity index (χ0v) is 11.4. The molecule has 1 heterocycles. The number of hydrogen-bond donors (Lipinski definition) is 1. The molecule has 0 spiro atoms. The van der Waals surface area contributed by atoms with Crippen molar-refractivity contribution in [2.45, 2.75) is 13.0 Å². The van der Waals surface area contributed by atoms with Gasteiger partial charge in [0.15, 0.2) is 11.5 Å². The lowest BCUT2D eigenvalue weighted by Crippen LogP contribution is -2.19. The van der Waals surface area contributed by atoms with Gasteiger partial charge in [-0.15, -0.1) is 0 Å². The Balaban J connectivity index is 1.89. The van der Waals surface area contributed by atoms with Crippen molar-refractivity contribution in [2.75, 3.05) is 31.8 Å². The van der Waals surface area contributed by atoms with Crippen LogP contribution in [0.15, 0.2) is 18.2 Å². The fourth-order valence-electron chi connectivity index (χ4n) is 1.77. The standard InChI is InChI=1S/C13H19NO3S/c1-18(15)8-5-14-10-11-3-4-12-13(9-11)17-7-2-6-16-12/h3-4,9,14H,2,5-8,10H2,1H3. The molecule has 0 fully saturated rings. The normalized spacial score (nSPS) is 16.1. The van der Waals surface area contributed by atoms with Crippen LogP contribution in [-0.4, -0.2) is 36.0 Å². The molecule has 18 heavy (non-hydrogen) atoms. The highest BCUT2D eigenvalue weighted by Gasteiger charge is 2.10. The molecule has 1 aliphatic rings. The van der Waals surface area contributed by atoms with Gasteiger partial charge in [0.1, 0.15) is 0 Å². The predicted molar refractivity (Wildman–Crippen MR) is 72.7 cm³/mol. The first-order chi connectivity index (χ1) is 8.75. The Bertz CT molecular complexity index is 423. The van der Waals surface area contributed by atoms with Crippen LogP contribution in [0.1, 0.15) is 12.0 Å². The lowest BCUT2D eigenvalue weighted by molar-refractivity contribution is 0.297. The van der Waals surface area contributed by atoms with Crippen LogP contribution in [-0.2, 0) is 17.3 Å². The molecular weight excluding hydrogens is 250 g/mol. The molecule has 100 valence electrons. The average Bonchev–Trinajstić information content (AvgIpc) is 2.59. The van der Waals surface area contributed by atoms with Gasteiger partial charge >= 0.3 is 0 Å². The van der Waals surface area contributed by atoms with E-state index in [2.05, 4.69) is 5.32 Å². The summed E-state index contributed by atoms with van der Waals surface area (Å²) in [6.07, 6.45) is 2.64. The molecule has 4 nitrogen and oxygen atoms in total. The van der Waals surface area contributed by atoms with Crippen LogP contribution in [0.4, 0.5) is 0 Å². The van der Waals surface area contributed by atoms with Crippen molar-refractivity contribution in [1.82, 2.24) is 5.32 Å². The molecule has 1 N–H and O–H groups in total. The van der Waals surface area contributed by atoms with Crippen LogP contribution >= 0.6 is 0 Å². The van der Waals surface area contributed by atoms with Gasteiger partial charge in [0.05, 0.1) is 13.2 Å². The van der Waals surface area contributed by atoms with Crippen molar-refractivity contribution < 1.29 is 13.7 Å². The Morgan fingerprint density at radius 1 is 1.28 bits per heavy atom. The Morgan fingerprint density at radius 2 is 2.06 bits per heavy atom. The zero-order valence-electron chi connectivity index (χ0n) is 10.6. The molecule has 0 aliphatic carbocycles. The summed E-state index contributed by atoms with van der Waals surface area (Å²) in [5.74, 6) is 2.33. The van der Waals surface area contributed by atoms with Gasteiger partial charge < -0.3 is 14.8 Å². The van der Waals surface area contributed by atoms with E-state index in [1.54, 1.807) is 6.26 Å². The van der Waals surface area contributed by atoms with Crippen LogP contribution < -0.4 is 14.8 Å². The molecule has 0 amide bonds. The maximum atomic E-state index is 10.9. The lowest BCUT2D eigenvalue weighted by Gasteiger charge is -2.09. The van der Waals surface area contributed by atoms with Gasteiger partial charge in [-0.25, -0.2) is 0 Å². The molecule has 1 aliphatic heterocycles. The van der Waals surface area contributed by atoms with E-state index < -0.39 is 10.8 Å². The van der Waals surface area contributed by atoms with Gasteiger partial charge in [-0.1, -0.05) is 6.07 Å². The van der Waals surface area contributed by atoms with E-state index in [1.165, 1.54) is 0 Å². The summed E-state index contributed by atoms with van der Waals surface area (Å²) in [6, 6.07) is 6.00. The van der Waals surface area contributed by atoms with Gasteiger partial charge in [0.2, 0.25) is 0 Å². The highest BCUT2D eigenvalue weighted by atomic mass is 32.2. The van der Waals surface area contributed by atoms with Crippen molar-refractivity contribution in [2.24, 2.45) is 0 Å². The Labute approximate surface area is 110 Å². The molecule has 1 atom stereocenters.